The Morgan fingerprint density at radius 3 is 2.87 bits per heavy atom. The molecule has 0 fully saturated rings. The van der Waals surface area contributed by atoms with E-state index in [1.165, 1.54) is 0 Å². The number of rotatable bonds is 7. The summed E-state index contributed by atoms with van der Waals surface area (Å²) in [6.07, 6.45) is 1.78. The minimum Gasteiger partial charge on any atom is -0.380 e. The molecule has 2 rings (SSSR count). The Bertz CT molecular complexity index is 643. The van der Waals surface area contributed by atoms with Gasteiger partial charge in [-0.3, -0.25) is 4.98 Å². The van der Waals surface area contributed by atoms with Crippen molar-refractivity contribution in [1.29, 1.82) is 0 Å². The van der Waals surface area contributed by atoms with Crippen LogP contribution in [0, 0.1) is 5.92 Å². The van der Waals surface area contributed by atoms with E-state index in [1.807, 2.05) is 37.3 Å². The number of carbonyl (C=O) groups is 1. The molecule has 1 aromatic carbocycles. The van der Waals surface area contributed by atoms with Gasteiger partial charge in [-0.25, -0.2) is 4.79 Å². The summed E-state index contributed by atoms with van der Waals surface area (Å²) in [4.78, 5) is 16.4. The van der Waals surface area contributed by atoms with Crippen molar-refractivity contribution >= 4 is 16.9 Å². The number of hydrogen-bond acceptors (Lipinski definition) is 3. The van der Waals surface area contributed by atoms with Gasteiger partial charge in [-0.1, -0.05) is 26.0 Å². The van der Waals surface area contributed by atoms with Gasteiger partial charge in [0.15, 0.2) is 0 Å². The van der Waals surface area contributed by atoms with E-state index in [9.17, 15) is 4.79 Å². The zero-order valence-corrected chi connectivity index (χ0v) is 14.0. The second kappa shape index (κ2) is 8.48. The molecular formula is C18H25N3O2. The van der Waals surface area contributed by atoms with Gasteiger partial charge in [0.1, 0.15) is 0 Å². The van der Waals surface area contributed by atoms with Crippen LogP contribution in [0.4, 0.5) is 4.79 Å². The fourth-order valence-electron chi connectivity index (χ4n) is 2.28. The molecular weight excluding hydrogens is 290 g/mol. The number of hydrogen-bond donors (Lipinski definition) is 2. The van der Waals surface area contributed by atoms with Crippen LogP contribution in [0.15, 0.2) is 36.5 Å². The Kier molecular flexibility index (Phi) is 6.35. The van der Waals surface area contributed by atoms with Crippen LogP contribution in [-0.4, -0.2) is 30.3 Å². The summed E-state index contributed by atoms with van der Waals surface area (Å²) in [5.74, 6) is 0.319. The summed E-state index contributed by atoms with van der Waals surface area (Å²) in [6, 6.07) is 9.76. The minimum absolute atomic E-state index is 0.00996. The van der Waals surface area contributed by atoms with E-state index in [1.54, 1.807) is 6.20 Å². The summed E-state index contributed by atoms with van der Waals surface area (Å²) in [6.45, 7) is 7.75. The smallest absolute Gasteiger partial charge is 0.315 e. The number of nitrogens with zero attached hydrogens (tertiary/aromatic N) is 1. The second-order valence-corrected chi connectivity index (χ2v) is 5.87. The molecule has 0 aliphatic heterocycles. The van der Waals surface area contributed by atoms with Crippen molar-refractivity contribution in [1.82, 2.24) is 15.6 Å². The predicted octanol–water partition coefficient (Wildman–Crippen LogP) is 3.10. The highest BCUT2D eigenvalue weighted by atomic mass is 16.5. The van der Waals surface area contributed by atoms with Crippen molar-refractivity contribution in [3.05, 3.63) is 42.1 Å². The van der Waals surface area contributed by atoms with Gasteiger partial charge >= 0.3 is 6.03 Å². The monoisotopic (exact) mass is 315 g/mol. The molecule has 2 amide bonds. The first-order valence-corrected chi connectivity index (χ1v) is 8.06. The largest absolute Gasteiger partial charge is 0.380 e. The predicted molar refractivity (Wildman–Crippen MR) is 92.2 cm³/mol. The van der Waals surface area contributed by atoms with Crippen molar-refractivity contribution in [2.75, 3.05) is 13.2 Å². The van der Waals surface area contributed by atoms with Crippen LogP contribution in [0.25, 0.3) is 10.9 Å². The maximum Gasteiger partial charge on any atom is 0.315 e. The van der Waals surface area contributed by atoms with Crippen LogP contribution >= 0.6 is 0 Å². The maximum absolute atomic E-state index is 12.1. The lowest BCUT2D eigenvalue weighted by Gasteiger charge is -2.22. The van der Waals surface area contributed by atoms with Crippen LogP contribution in [0.5, 0.6) is 0 Å². The lowest BCUT2D eigenvalue weighted by molar-refractivity contribution is 0.110. The van der Waals surface area contributed by atoms with Crippen molar-refractivity contribution in [3.8, 4) is 0 Å². The van der Waals surface area contributed by atoms with Gasteiger partial charge in [0.25, 0.3) is 0 Å². The first-order valence-electron chi connectivity index (χ1n) is 8.06. The van der Waals surface area contributed by atoms with Gasteiger partial charge in [0, 0.05) is 24.7 Å². The average Bonchev–Trinajstić information content (AvgIpc) is 2.56. The number of urea groups is 1. The lowest BCUT2D eigenvalue weighted by atomic mass is 10.1. The molecule has 2 N–H and O–H groups in total. The topological polar surface area (TPSA) is 63.2 Å². The highest BCUT2D eigenvalue weighted by molar-refractivity contribution is 5.79. The number of fused-ring (bicyclic) bond motifs is 1. The number of amides is 2. The zero-order chi connectivity index (χ0) is 16.7. The molecule has 1 unspecified atom stereocenters. The Balaban J connectivity index is 1.89. The SMILES string of the molecule is CCOCC(NC(=O)NCc1ccc2ncccc2c1)C(C)C. The van der Waals surface area contributed by atoms with Crippen LogP contribution < -0.4 is 10.6 Å². The van der Waals surface area contributed by atoms with Gasteiger partial charge in [-0.2, -0.15) is 0 Å². The summed E-state index contributed by atoms with van der Waals surface area (Å²) >= 11 is 0. The molecule has 0 aliphatic rings. The average molecular weight is 315 g/mol. The summed E-state index contributed by atoms with van der Waals surface area (Å²) in [7, 11) is 0. The van der Waals surface area contributed by atoms with E-state index in [2.05, 4.69) is 29.5 Å². The van der Waals surface area contributed by atoms with E-state index in [0.717, 1.165) is 16.5 Å². The summed E-state index contributed by atoms with van der Waals surface area (Å²) in [5, 5.41) is 6.94. The zero-order valence-electron chi connectivity index (χ0n) is 14.0. The molecule has 0 radical (unpaired) electrons. The molecule has 0 spiro atoms. The highest BCUT2D eigenvalue weighted by Gasteiger charge is 2.15. The molecule has 5 heteroatoms. The molecule has 0 saturated heterocycles. The third kappa shape index (κ3) is 5.21. The highest BCUT2D eigenvalue weighted by Crippen LogP contribution is 2.13. The third-order valence-electron chi connectivity index (χ3n) is 3.74. The minimum atomic E-state index is -0.172. The van der Waals surface area contributed by atoms with Gasteiger partial charge in [0.2, 0.25) is 0 Å². The molecule has 124 valence electrons. The molecule has 23 heavy (non-hydrogen) atoms. The van der Waals surface area contributed by atoms with Crippen LogP contribution in [0.1, 0.15) is 26.3 Å². The normalized spacial score (nSPS) is 12.3. The standard InChI is InChI=1S/C18H25N3O2/c1-4-23-12-17(13(2)3)21-18(22)20-11-14-7-8-16-15(10-14)6-5-9-19-16/h5-10,13,17H,4,11-12H2,1-3H3,(H2,20,21,22). The molecule has 1 heterocycles. The van der Waals surface area contributed by atoms with Crippen LogP contribution in [0.3, 0.4) is 0 Å². The van der Waals surface area contributed by atoms with E-state index in [4.69, 9.17) is 4.74 Å². The fraction of sp³-hybridized carbons (Fsp3) is 0.444. The lowest BCUT2D eigenvalue weighted by Crippen LogP contribution is -2.46. The number of carbonyl (C=O) groups excluding carboxylic acids is 1. The van der Waals surface area contributed by atoms with Gasteiger partial charge in [-0.05, 0) is 36.6 Å². The van der Waals surface area contributed by atoms with Gasteiger partial charge < -0.3 is 15.4 Å². The van der Waals surface area contributed by atoms with E-state index in [-0.39, 0.29) is 12.1 Å². The van der Waals surface area contributed by atoms with E-state index in [0.29, 0.717) is 25.7 Å². The van der Waals surface area contributed by atoms with Crippen molar-refractivity contribution < 1.29 is 9.53 Å². The molecule has 1 aromatic heterocycles. The molecule has 2 aromatic rings. The number of benzene rings is 1. The number of ether oxygens (including phenoxy) is 1. The second-order valence-electron chi connectivity index (χ2n) is 5.87. The van der Waals surface area contributed by atoms with E-state index >= 15 is 0 Å². The van der Waals surface area contributed by atoms with Gasteiger partial charge in [0.05, 0.1) is 18.2 Å². The number of pyridine rings is 1. The molecule has 0 bridgehead atoms. The summed E-state index contributed by atoms with van der Waals surface area (Å²) < 4.78 is 5.42. The third-order valence-corrected chi connectivity index (χ3v) is 3.74. The Morgan fingerprint density at radius 1 is 1.30 bits per heavy atom. The Morgan fingerprint density at radius 2 is 2.13 bits per heavy atom. The number of nitrogens with one attached hydrogen (secondary N) is 2. The van der Waals surface area contributed by atoms with Crippen molar-refractivity contribution in [3.63, 3.8) is 0 Å². The van der Waals surface area contributed by atoms with Crippen molar-refractivity contribution in [2.45, 2.75) is 33.4 Å². The first kappa shape index (κ1) is 17.2. The maximum atomic E-state index is 12.1. The Labute approximate surface area is 137 Å². The van der Waals surface area contributed by atoms with E-state index < -0.39 is 0 Å². The molecule has 5 nitrogen and oxygen atoms in total. The number of aromatic nitrogens is 1. The summed E-state index contributed by atoms with van der Waals surface area (Å²) in [5.41, 5.74) is 2.00. The van der Waals surface area contributed by atoms with Crippen LogP contribution in [-0.2, 0) is 11.3 Å². The van der Waals surface area contributed by atoms with Gasteiger partial charge in [-0.15, -0.1) is 0 Å². The Hall–Kier alpha value is -2.14. The fourth-order valence-corrected chi connectivity index (χ4v) is 2.28. The molecule has 1 atom stereocenters. The van der Waals surface area contributed by atoms with Crippen LogP contribution in [0.2, 0.25) is 0 Å². The van der Waals surface area contributed by atoms with Crippen molar-refractivity contribution in [2.24, 2.45) is 5.92 Å². The quantitative estimate of drug-likeness (QED) is 0.825. The molecule has 0 aliphatic carbocycles. The molecule has 0 saturated carbocycles. The first-order chi connectivity index (χ1) is 11.1.